The highest BCUT2D eigenvalue weighted by molar-refractivity contribution is 7.23. The minimum atomic E-state index is -2.03. The Kier molecular flexibility index (Phi) is 5.09. The molecular formula is C26H28Si2. The zero-order valence-electron chi connectivity index (χ0n) is 17.0. The highest BCUT2D eigenvalue weighted by atomic mass is 28.4. The lowest BCUT2D eigenvalue weighted by Crippen LogP contribution is -2.62. The monoisotopic (exact) mass is 396 g/mol. The molecule has 4 rings (SSSR count). The predicted octanol–water partition coefficient (Wildman–Crippen LogP) is 5.62. The summed E-state index contributed by atoms with van der Waals surface area (Å²) < 4.78 is 0. The molecule has 0 aromatic heterocycles. The molecule has 0 bridgehead atoms. The smallest absolute Gasteiger partial charge is 0.0772 e. The molecule has 0 spiro atoms. The first-order valence-corrected chi connectivity index (χ1v) is 15.4. The van der Waals surface area contributed by atoms with E-state index in [1.54, 1.807) is 10.0 Å². The van der Waals surface area contributed by atoms with Crippen molar-refractivity contribution in [3.05, 3.63) is 114 Å². The van der Waals surface area contributed by atoms with Crippen LogP contribution in [0.25, 0.3) is 5.20 Å². The molecule has 140 valence electrons. The van der Waals surface area contributed by atoms with E-state index in [-0.39, 0.29) is 0 Å². The maximum Gasteiger partial charge on any atom is 0.138 e. The Hall–Kier alpha value is -2.43. The van der Waals surface area contributed by atoms with Gasteiger partial charge >= 0.3 is 0 Å². The van der Waals surface area contributed by atoms with Crippen LogP contribution < -0.4 is 10.4 Å². The maximum absolute atomic E-state index is 2.59. The first-order chi connectivity index (χ1) is 13.6. The Morgan fingerprint density at radius 3 is 1.61 bits per heavy atom. The lowest BCUT2D eigenvalue weighted by molar-refractivity contribution is 1.39. The number of hydrogen-bond donors (Lipinski definition) is 0. The molecule has 0 radical (unpaired) electrons. The van der Waals surface area contributed by atoms with E-state index in [1.807, 2.05) is 0 Å². The average Bonchev–Trinajstić information content (AvgIpc) is 3.13. The molecule has 0 N–H and O–H groups in total. The van der Waals surface area contributed by atoms with E-state index in [9.17, 15) is 0 Å². The molecule has 1 atom stereocenters. The fourth-order valence-electron chi connectivity index (χ4n) is 4.83. The Morgan fingerprint density at radius 2 is 1.14 bits per heavy atom. The van der Waals surface area contributed by atoms with Gasteiger partial charge in [0.25, 0.3) is 0 Å². The first-order valence-electron chi connectivity index (χ1n) is 10.2. The summed E-state index contributed by atoms with van der Waals surface area (Å²) in [6, 6.07) is 34.8. The fraction of sp³-hybridized carbons (Fsp3) is 0.154. The van der Waals surface area contributed by atoms with Gasteiger partial charge in [0.15, 0.2) is 0 Å². The van der Waals surface area contributed by atoms with E-state index in [2.05, 4.69) is 123 Å². The summed E-state index contributed by atoms with van der Waals surface area (Å²) >= 11 is 0. The van der Waals surface area contributed by atoms with Crippen LogP contribution in [0.1, 0.15) is 12.5 Å². The molecule has 1 aliphatic heterocycles. The van der Waals surface area contributed by atoms with Crippen molar-refractivity contribution in [2.45, 2.75) is 26.1 Å². The molecule has 1 heterocycles. The van der Waals surface area contributed by atoms with E-state index in [0.717, 1.165) is 0 Å². The van der Waals surface area contributed by atoms with Gasteiger partial charge in [-0.25, -0.2) is 0 Å². The average molecular weight is 397 g/mol. The van der Waals surface area contributed by atoms with Gasteiger partial charge in [-0.1, -0.05) is 144 Å². The summed E-state index contributed by atoms with van der Waals surface area (Å²) in [5.74, 6) is 0. The molecule has 1 aliphatic rings. The quantitative estimate of drug-likeness (QED) is 0.491. The van der Waals surface area contributed by atoms with Crippen molar-refractivity contribution < 1.29 is 0 Å². The Balaban J connectivity index is 1.89. The van der Waals surface area contributed by atoms with Gasteiger partial charge in [0, 0.05) is 0 Å². The van der Waals surface area contributed by atoms with Gasteiger partial charge in [-0.2, -0.15) is 0 Å². The third-order valence-electron chi connectivity index (χ3n) is 6.64. The Labute approximate surface area is 171 Å². The van der Waals surface area contributed by atoms with Gasteiger partial charge in [-0.05, 0) is 10.8 Å². The van der Waals surface area contributed by atoms with E-state index in [4.69, 9.17) is 0 Å². The van der Waals surface area contributed by atoms with Crippen LogP contribution >= 0.6 is 0 Å². The van der Waals surface area contributed by atoms with Crippen LogP contribution in [0.3, 0.4) is 0 Å². The van der Waals surface area contributed by atoms with Gasteiger partial charge in [-0.3, -0.25) is 0 Å². The van der Waals surface area contributed by atoms with Crippen LogP contribution in [0.5, 0.6) is 0 Å². The zero-order valence-corrected chi connectivity index (χ0v) is 19.0. The topological polar surface area (TPSA) is 0 Å². The number of rotatable bonds is 5. The summed E-state index contributed by atoms with van der Waals surface area (Å²) in [6.45, 7) is 7.54. The van der Waals surface area contributed by atoms with Crippen LogP contribution in [0.2, 0.25) is 19.1 Å². The van der Waals surface area contributed by atoms with E-state index in [1.165, 1.54) is 22.0 Å². The molecule has 0 saturated carbocycles. The lowest BCUT2D eigenvalue weighted by Gasteiger charge is -2.40. The van der Waals surface area contributed by atoms with Gasteiger partial charge < -0.3 is 0 Å². The van der Waals surface area contributed by atoms with Crippen molar-refractivity contribution in [1.82, 2.24) is 0 Å². The SMILES string of the molecule is CC[Si]1(C)C(c2ccccc2)=CC=C1[Si](C)(c1ccccc1)c1ccccc1. The third kappa shape index (κ3) is 2.97. The van der Waals surface area contributed by atoms with E-state index < -0.39 is 16.1 Å². The highest BCUT2D eigenvalue weighted by Crippen LogP contribution is 2.42. The van der Waals surface area contributed by atoms with Crippen molar-refractivity contribution in [1.29, 1.82) is 0 Å². The molecule has 0 fully saturated rings. The van der Waals surface area contributed by atoms with Crippen LogP contribution in [-0.2, 0) is 0 Å². The standard InChI is InChI=1S/C26H28Si2/c1-4-27(2)25(22-14-8-5-9-15-22)20-21-26(27)28(3,23-16-10-6-11-17-23)24-18-12-7-13-19-24/h5-21H,4H2,1-3H3. The second kappa shape index (κ2) is 7.53. The molecule has 3 aromatic carbocycles. The lowest BCUT2D eigenvalue weighted by atomic mass is 10.2. The molecule has 0 aliphatic carbocycles. The minimum absolute atomic E-state index is 1.24. The van der Waals surface area contributed by atoms with Gasteiger partial charge in [0.05, 0.1) is 0 Å². The van der Waals surface area contributed by atoms with Gasteiger partial charge in [0.2, 0.25) is 0 Å². The summed E-state index contributed by atoms with van der Waals surface area (Å²) in [7, 11) is -3.81. The number of allylic oxidation sites excluding steroid dienone is 2. The number of benzene rings is 3. The van der Waals surface area contributed by atoms with Crippen LogP contribution in [0, 0.1) is 0 Å². The maximum atomic E-state index is 2.59. The molecule has 1 unspecified atom stereocenters. The van der Waals surface area contributed by atoms with Crippen molar-refractivity contribution in [2.24, 2.45) is 0 Å². The normalized spacial score (nSPS) is 19.2. The highest BCUT2D eigenvalue weighted by Gasteiger charge is 2.48. The zero-order chi connectivity index (χ0) is 19.6. The summed E-state index contributed by atoms with van der Waals surface area (Å²) in [5, 5.41) is 4.63. The van der Waals surface area contributed by atoms with Crippen molar-refractivity contribution in [3.63, 3.8) is 0 Å². The van der Waals surface area contributed by atoms with E-state index in [0.29, 0.717) is 0 Å². The summed E-state index contributed by atoms with van der Waals surface area (Å²) in [5.41, 5.74) is 1.40. The molecule has 0 amide bonds. The second-order valence-corrected chi connectivity index (χ2v) is 17.0. The fourth-order valence-corrected chi connectivity index (χ4v) is 16.9. The van der Waals surface area contributed by atoms with Gasteiger partial charge in [-0.15, -0.1) is 0 Å². The van der Waals surface area contributed by atoms with Crippen molar-refractivity contribution in [3.8, 4) is 0 Å². The van der Waals surface area contributed by atoms with Gasteiger partial charge in [0.1, 0.15) is 16.1 Å². The number of hydrogen-bond acceptors (Lipinski definition) is 0. The van der Waals surface area contributed by atoms with Crippen LogP contribution in [-0.4, -0.2) is 16.1 Å². The predicted molar refractivity (Wildman–Crippen MR) is 128 cm³/mol. The Morgan fingerprint density at radius 1 is 0.679 bits per heavy atom. The van der Waals surface area contributed by atoms with Crippen molar-refractivity contribution >= 4 is 31.7 Å². The Bertz CT molecular complexity index is 965. The molecule has 0 saturated heterocycles. The molecule has 2 heteroatoms. The van der Waals surface area contributed by atoms with Crippen molar-refractivity contribution in [2.75, 3.05) is 0 Å². The molecule has 0 nitrogen and oxygen atoms in total. The van der Waals surface area contributed by atoms with Crippen LogP contribution in [0.15, 0.2) is 108 Å². The molecular weight excluding hydrogens is 368 g/mol. The third-order valence-corrected chi connectivity index (χ3v) is 18.4. The molecule has 28 heavy (non-hydrogen) atoms. The largest absolute Gasteiger partial charge is 0.138 e. The first kappa shape index (κ1) is 18.9. The summed E-state index contributed by atoms with van der Waals surface area (Å²) in [6.07, 6.45) is 4.95. The van der Waals surface area contributed by atoms with Crippen LogP contribution in [0.4, 0.5) is 0 Å². The summed E-state index contributed by atoms with van der Waals surface area (Å²) in [4.78, 5) is 1.75. The second-order valence-electron chi connectivity index (χ2n) is 8.07. The molecule has 3 aromatic rings. The van der Waals surface area contributed by atoms with E-state index >= 15 is 0 Å². The minimum Gasteiger partial charge on any atom is -0.0772 e.